The molecule has 1 heteroatoms. The molecule has 0 rings (SSSR count). The van der Waals surface area contributed by atoms with E-state index in [0.29, 0.717) is 4.83 Å². The molecule has 0 aromatic rings. The lowest BCUT2D eigenvalue weighted by molar-refractivity contribution is 1.11. The second-order valence-electron chi connectivity index (χ2n) is 3.08. The largest absolute Gasteiger partial charge is 0.0846 e. The summed E-state index contributed by atoms with van der Waals surface area (Å²) in [5.41, 5.74) is 2.79. The van der Waals surface area contributed by atoms with E-state index < -0.39 is 0 Å². The molecule has 64 valence electrons. The number of hydrogen-bond acceptors (Lipinski definition) is 0. The standard InChI is InChI=1S/C10H17Br/c1-8(2)6-5-7-9(3)10(4)11/h6-7,10H,5H2,1-4H3/b9-7+. The van der Waals surface area contributed by atoms with Crippen molar-refractivity contribution in [3.05, 3.63) is 23.3 Å². The molecule has 0 nitrogen and oxygen atoms in total. The summed E-state index contributed by atoms with van der Waals surface area (Å²) >= 11 is 3.52. The van der Waals surface area contributed by atoms with Crippen molar-refractivity contribution in [3.8, 4) is 0 Å². The Morgan fingerprint density at radius 2 is 1.82 bits per heavy atom. The van der Waals surface area contributed by atoms with Gasteiger partial charge in [-0.25, -0.2) is 0 Å². The molecule has 0 aliphatic carbocycles. The van der Waals surface area contributed by atoms with Gasteiger partial charge in [0.25, 0.3) is 0 Å². The first-order chi connectivity index (χ1) is 5.04. The van der Waals surface area contributed by atoms with Gasteiger partial charge in [-0.15, -0.1) is 0 Å². The van der Waals surface area contributed by atoms with Gasteiger partial charge in [-0.1, -0.05) is 39.2 Å². The summed E-state index contributed by atoms with van der Waals surface area (Å²) in [5.74, 6) is 0. The Morgan fingerprint density at radius 3 is 2.18 bits per heavy atom. The molecule has 0 aromatic heterocycles. The number of halogens is 1. The van der Waals surface area contributed by atoms with Gasteiger partial charge in [0, 0.05) is 4.83 Å². The molecule has 0 amide bonds. The number of rotatable bonds is 3. The van der Waals surface area contributed by atoms with E-state index in [9.17, 15) is 0 Å². The Bertz CT molecular complexity index is 160. The van der Waals surface area contributed by atoms with Crippen LogP contribution in [0.4, 0.5) is 0 Å². The minimum atomic E-state index is 0.507. The van der Waals surface area contributed by atoms with E-state index in [1.54, 1.807) is 0 Å². The molecule has 0 saturated carbocycles. The van der Waals surface area contributed by atoms with Crippen LogP contribution in [0.15, 0.2) is 23.3 Å². The predicted octanol–water partition coefficient (Wildman–Crippen LogP) is 4.07. The highest BCUT2D eigenvalue weighted by molar-refractivity contribution is 9.09. The van der Waals surface area contributed by atoms with Gasteiger partial charge in [-0.2, -0.15) is 0 Å². The molecule has 1 atom stereocenters. The van der Waals surface area contributed by atoms with Gasteiger partial charge < -0.3 is 0 Å². The first kappa shape index (κ1) is 11.0. The first-order valence-corrected chi connectivity index (χ1v) is 4.89. The third kappa shape index (κ3) is 6.36. The van der Waals surface area contributed by atoms with Gasteiger partial charge in [-0.05, 0) is 34.1 Å². The van der Waals surface area contributed by atoms with Crippen molar-refractivity contribution in [2.24, 2.45) is 0 Å². The van der Waals surface area contributed by atoms with Crippen LogP contribution in [-0.2, 0) is 0 Å². The third-order valence-corrected chi connectivity index (χ3v) is 2.32. The van der Waals surface area contributed by atoms with Crippen LogP contribution in [0, 0.1) is 0 Å². The summed E-state index contributed by atoms with van der Waals surface area (Å²) in [6.45, 7) is 8.55. The Kier molecular flexibility index (Phi) is 5.57. The molecule has 1 unspecified atom stereocenters. The summed E-state index contributed by atoms with van der Waals surface area (Å²) in [6, 6.07) is 0. The molecule has 0 N–H and O–H groups in total. The molecule has 0 fully saturated rings. The molecule has 11 heavy (non-hydrogen) atoms. The fourth-order valence-electron chi connectivity index (χ4n) is 0.643. The second kappa shape index (κ2) is 5.59. The lowest BCUT2D eigenvalue weighted by atomic mass is 10.2. The van der Waals surface area contributed by atoms with Crippen molar-refractivity contribution in [1.29, 1.82) is 0 Å². The maximum atomic E-state index is 3.52. The van der Waals surface area contributed by atoms with E-state index in [4.69, 9.17) is 0 Å². The molecule has 0 bridgehead atoms. The summed E-state index contributed by atoms with van der Waals surface area (Å²) in [7, 11) is 0. The zero-order chi connectivity index (χ0) is 8.85. The van der Waals surface area contributed by atoms with Crippen molar-refractivity contribution < 1.29 is 0 Å². The summed E-state index contributed by atoms with van der Waals surface area (Å²) < 4.78 is 0. The second-order valence-corrected chi connectivity index (χ2v) is 4.45. The summed E-state index contributed by atoms with van der Waals surface area (Å²) in [5, 5.41) is 0. The van der Waals surface area contributed by atoms with Crippen molar-refractivity contribution >= 4 is 15.9 Å². The van der Waals surface area contributed by atoms with Crippen LogP contribution in [0.1, 0.15) is 34.1 Å². The van der Waals surface area contributed by atoms with Crippen LogP contribution in [0.25, 0.3) is 0 Å². The molecule has 0 aromatic carbocycles. The van der Waals surface area contributed by atoms with Gasteiger partial charge in [0.05, 0.1) is 0 Å². The lowest BCUT2D eigenvalue weighted by Crippen LogP contribution is -1.90. The van der Waals surface area contributed by atoms with E-state index in [0.717, 1.165) is 6.42 Å². The van der Waals surface area contributed by atoms with Gasteiger partial charge in [0.15, 0.2) is 0 Å². The molecular weight excluding hydrogens is 200 g/mol. The number of hydrogen-bond donors (Lipinski definition) is 0. The van der Waals surface area contributed by atoms with Gasteiger partial charge >= 0.3 is 0 Å². The van der Waals surface area contributed by atoms with Gasteiger partial charge in [-0.3, -0.25) is 0 Å². The molecule has 0 radical (unpaired) electrons. The fourth-order valence-corrected chi connectivity index (χ4v) is 0.830. The molecule has 0 aliphatic heterocycles. The van der Waals surface area contributed by atoms with Gasteiger partial charge in [0.1, 0.15) is 0 Å². The van der Waals surface area contributed by atoms with Crippen molar-refractivity contribution in [2.75, 3.05) is 0 Å². The summed E-state index contributed by atoms with van der Waals surface area (Å²) in [4.78, 5) is 0.507. The third-order valence-electron chi connectivity index (χ3n) is 1.59. The van der Waals surface area contributed by atoms with Crippen molar-refractivity contribution in [1.82, 2.24) is 0 Å². The molecule has 0 saturated heterocycles. The van der Waals surface area contributed by atoms with E-state index in [2.05, 4.69) is 55.8 Å². The SMILES string of the molecule is CC(C)=CC/C=C(\C)C(C)Br. The molecule has 0 heterocycles. The highest BCUT2D eigenvalue weighted by Gasteiger charge is 1.94. The van der Waals surface area contributed by atoms with E-state index >= 15 is 0 Å². The lowest BCUT2D eigenvalue weighted by Gasteiger charge is -2.01. The monoisotopic (exact) mass is 216 g/mol. The van der Waals surface area contributed by atoms with Crippen LogP contribution in [0.2, 0.25) is 0 Å². The van der Waals surface area contributed by atoms with Crippen molar-refractivity contribution in [3.63, 3.8) is 0 Å². The number of allylic oxidation sites excluding steroid dienone is 4. The number of alkyl halides is 1. The smallest absolute Gasteiger partial charge is 0.0323 e. The molecular formula is C10H17Br. The maximum Gasteiger partial charge on any atom is 0.0323 e. The van der Waals surface area contributed by atoms with E-state index in [1.807, 2.05) is 0 Å². The average Bonchev–Trinajstić information content (AvgIpc) is 1.86. The Balaban J connectivity index is 3.84. The van der Waals surface area contributed by atoms with Crippen LogP contribution in [-0.4, -0.2) is 4.83 Å². The zero-order valence-electron chi connectivity index (χ0n) is 7.82. The predicted molar refractivity (Wildman–Crippen MR) is 56.2 cm³/mol. The molecule has 0 spiro atoms. The minimum Gasteiger partial charge on any atom is -0.0846 e. The average molecular weight is 217 g/mol. The van der Waals surface area contributed by atoms with Crippen LogP contribution >= 0.6 is 15.9 Å². The Hall–Kier alpha value is -0.0400. The fraction of sp³-hybridized carbons (Fsp3) is 0.600. The Labute approximate surface area is 78.5 Å². The van der Waals surface area contributed by atoms with Crippen LogP contribution in [0.3, 0.4) is 0 Å². The first-order valence-electron chi connectivity index (χ1n) is 3.98. The molecule has 0 aliphatic rings. The van der Waals surface area contributed by atoms with Crippen LogP contribution < -0.4 is 0 Å². The Morgan fingerprint density at radius 1 is 1.27 bits per heavy atom. The minimum absolute atomic E-state index is 0.507. The van der Waals surface area contributed by atoms with Gasteiger partial charge in [0.2, 0.25) is 0 Å². The maximum absolute atomic E-state index is 3.52. The van der Waals surface area contributed by atoms with Crippen LogP contribution in [0.5, 0.6) is 0 Å². The quantitative estimate of drug-likeness (QED) is 0.493. The highest BCUT2D eigenvalue weighted by atomic mass is 79.9. The highest BCUT2D eigenvalue weighted by Crippen LogP contribution is 2.11. The zero-order valence-corrected chi connectivity index (χ0v) is 9.40. The van der Waals surface area contributed by atoms with E-state index in [1.165, 1.54) is 11.1 Å². The summed E-state index contributed by atoms with van der Waals surface area (Å²) in [6.07, 6.45) is 5.55. The normalized spacial score (nSPS) is 14.5. The van der Waals surface area contributed by atoms with E-state index in [-0.39, 0.29) is 0 Å². The topological polar surface area (TPSA) is 0 Å². The van der Waals surface area contributed by atoms with Crippen molar-refractivity contribution in [2.45, 2.75) is 38.9 Å².